The van der Waals surface area contributed by atoms with Crippen LogP contribution in [0.5, 0.6) is 0 Å². The summed E-state index contributed by atoms with van der Waals surface area (Å²) in [6.07, 6.45) is 2.60. The fourth-order valence-electron chi connectivity index (χ4n) is 1.44. The van der Waals surface area contributed by atoms with Crippen molar-refractivity contribution in [2.45, 2.75) is 26.3 Å². The summed E-state index contributed by atoms with van der Waals surface area (Å²) < 4.78 is 18.9. The Balaban J connectivity index is 2.70. The van der Waals surface area contributed by atoms with Crippen molar-refractivity contribution >= 4 is 0 Å². The van der Waals surface area contributed by atoms with E-state index >= 15 is 0 Å². The summed E-state index contributed by atoms with van der Waals surface area (Å²) in [5.41, 5.74) is 0.435. The molecule has 0 saturated heterocycles. The summed E-state index contributed by atoms with van der Waals surface area (Å²) in [4.78, 5) is 4.07. The summed E-state index contributed by atoms with van der Waals surface area (Å²) in [7, 11) is 0. The van der Waals surface area contributed by atoms with E-state index in [9.17, 15) is 4.39 Å². The lowest BCUT2D eigenvalue weighted by molar-refractivity contribution is 0.120. The van der Waals surface area contributed by atoms with Crippen LogP contribution >= 0.6 is 0 Å². The molecule has 3 nitrogen and oxygen atoms in total. The fourth-order valence-corrected chi connectivity index (χ4v) is 1.44. The number of hydrogen-bond donors (Lipinski definition) is 1. The van der Waals surface area contributed by atoms with Gasteiger partial charge in [-0.15, -0.1) is 0 Å². The van der Waals surface area contributed by atoms with E-state index in [2.05, 4.69) is 17.2 Å². The molecule has 1 aromatic rings. The molecule has 0 spiro atoms. The van der Waals surface area contributed by atoms with Gasteiger partial charge < -0.3 is 10.1 Å². The van der Waals surface area contributed by atoms with Crippen LogP contribution in [0.2, 0.25) is 0 Å². The Hall–Kier alpha value is -1.00. The molecule has 0 aliphatic carbocycles. The molecule has 4 heteroatoms. The lowest BCUT2D eigenvalue weighted by Crippen LogP contribution is -2.28. The molecule has 0 aliphatic rings. The Kier molecular flexibility index (Phi) is 5.96. The van der Waals surface area contributed by atoms with E-state index in [1.54, 1.807) is 12.3 Å². The van der Waals surface area contributed by atoms with Crippen molar-refractivity contribution < 1.29 is 9.13 Å². The quantitative estimate of drug-likeness (QED) is 0.774. The molecule has 0 saturated carbocycles. The van der Waals surface area contributed by atoms with E-state index in [4.69, 9.17) is 4.74 Å². The highest BCUT2D eigenvalue weighted by Gasteiger charge is 2.16. The van der Waals surface area contributed by atoms with E-state index in [-0.39, 0.29) is 11.9 Å². The second kappa shape index (κ2) is 7.30. The highest BCUT2D eigenvalue weighted by atomic mass is 19.1. The van der Waals surface area contributed by atoms with E-state index in [0.717, 1.165) is 13.0 Å². The van der Waals surface area contributed by atoms with Gasteiger partial charge in [-0.2, -0.15) is 0 Å². The van der Waals surface area contributed by atoms with Gasteiger partial charge in [0.25, 0.3) is 0 Å². The van der Waals surface area contributed by atoms with Gasteiger partial charge in [-0.05, 0) is 32.0 Å². The van der Waals surface area contributed by atoms with E-state index in [1.807, 2.05) is 6.92 Å². The van der Waals surface area contributed by atoms with Crippen LogP contribution < -0.4 is 5.32 Å². The van der Waals surface area contributed by atoms with Gasteiger partial charge in [-0.25, -0.2) is 4.39 Å². The number of rotatable bonds is 7. The maximum absolute atomic E-state index is 13.5. The number of ether oxygens (including phenoxy) is 1. The van der Waals surface area contributed by atoms with Crippen molar-refractivity contribution in [2.24, 2.45) is 0 Å². The molecule has 0 aromatic carbocycles. The van der Waals surface area contributed by atoms with Crippen LogP contribution in [-0.2, 0) is 4.74 Å². The maximum atomic E-state index is 13.5. The van der Waals surface area contributed by atoms with Gasteiger partial charge in [0, 0.05) is 12.8 Å². The van der Waals surface area contributed by atoms with Gasteiger partial charge in [0.2, 0.25) is 0 Å². The number of pyridine rings is 1. The first-order valence-corrected chi connectivity index (χ1v) is 5.71. The average Bonchev–Trinajstić information content (AvgIpc) is 2.31. The number of nitrogens with one attached hydrogen (secondary N) is 1. The lowest BCUT2D eigenvalue weighted by atomic mass is 10.2. The predicted octanol–water partition coefficient (Wildman–Crippen LogP) is 2.30. The van der Waals surface area contributed by atoms with Crippen molar-refractivity contribution in [3.8, 4) is 0 Å². The summed E-state index contributed by atoms with van der Waals surface area (Å²) in [6.45, 7) is 5.89. The molecule has 0 amide bonds. The standard InChI is InChI=1S/C12H19FN2O/c1-3-7-14-11(9-16-4-2)12-10(13)6-5-8-15-12/h5-6,8,11,14H,3-4,7,9H2,1-2H3. The van der Waals surface area contributed by atoms with Crippen LogP contribution in [0.1, 0.15) is 32.0 Å². The van der Waals surface area contributed by atoms with Gasteiger partial charge in [0.1, 0.15) is 5.82 Å². The number of aromatic nitrogens is 1. The first kappa shape index (κ1) is 13.1. The summed E-state index contributed by atoms with van der Waals surface area (Å²) in [5.74, 6) is -0.282. The monoisotopic (exact) mass is 226 g/mol. The minimum atomic E-state index is -0.282. The number of halogens is 1. The van der Waals surface area contributed by atoms with E-state index in [0.29, 0.717) is 18.9 Å². The third-order valence-electron chi connectivity index (χ3n) is 2.25. The first-order chi connectivity index (χ1) is 7.79. The fraction of sp³-hybridized carbons (Fsp3) is 0.583. The topological polar surface area (TPSA) is 34.1 Å². The Bertz CT molecular complexity index is 299. The summed E-state index contributed by atoms with van der Waals surface area (Å²) >= 11 is 0. The zero-order valence-electron chi connectivity index (χ0n) is 9.87. The molecule has 1 aromatic heterocycles. The number of hydrogen-bond acceptors (Lipinski definition) is 3. The molecule has 0 bridgehead atoms. The van der Waals surface area contributed by atoms with Crippen molar-refractivity contribution in [1.29, 1.82) is 0 Å². The highest BCUT2D eigenvalue weighted by Crippen LogP contribution is 2.14. The minimum absolute atomic E-state index is 0.166. The van der Waals surface area contributed by atoms with Gasteiger partial charge in [0.05, 0.1) is 18.3 Å². The third-order valence-corrected chi connectivity index (χ3v) is 2.25. The van der Waals surface area contributed by atoms with Gasteiger partial charge >= 0.3 is 0 Å². The Morgan fingerprint density at radius 2 is 2.31 bits per heavy atom. The van der Waals surface area contributed by atoms with Gasteiger partial charge in [0.15, 0.2) is 0 Å². The molecule has 1 atom stereocenters. The Labute approximate surface area is 96.0 Å². The van der Waals surface area contributed by atoms with Crippen LogP contribution in [0, 0.1) is 5.82 Å². The zero-order valence-corrected chi connectivity index (χ0v) is 9.87. The highest BCUT2D eigenvalue weighted by molar-refractivity contribution is 5.11. The molecule has 0 radical (unpaired) electrons. The molecule has 0 aliphatic heterocycles. The summed E-state index contributed by atoms with van der Waals surface area (Å²) in [6, 6.07) is 2.85. The molecule has 1 heterocycles. The molecule has 90 valence electrons. The largest absolute Gasteiger partial charge is 0.380 e. The Morgan fingerprint density at radius 1 is 1.50 bits per heavy atom. The smallest absolute Gasteiger partial charge is 0.146 e. The summed E-state index contributed by atoms with van der Waals surface area (Å²) in [5, 5.41) is 3.23. The molecule has 0 fully saturated rings. The van der Waals surface area contributed by atoms with Crippen LogP contribution in [0.3, 0.4) is 0 Å². The van der Waals surface area contributed by atoms with Gasteiger partial charge in [-0.3, -0.25) is 4.98 Å². The lowest BCUT2D eigenvalue weighted by Gasteiger charge is -2.18. The number of nitrogens with zero attached hydrogens (tertiary/aromatic N) is 1. The molecule has 1 unspecified atom stereocenters. The maximum Gasteiger partial charge on any atom is 0.146 e. The molecular formula is C12H19FN2O. The van der Waals surface area contributed by atoms with Crippen LogP contribution in [0.15, 0.2) is 18.3 Å². The minimum Gasteiger partial charge on any atom is -0.380 e. The predicted molar refractivity (Wildman–Crippen MR) is 61.7 cm³/mol. The van der Waals surface area contributed by atoms with Crippen LogP contribution in [0.25, 0.3) is 0 Å². The van der Waals surface area contributed by atoms with Crippen molar-refractivity contribution in [3.05, 3.63) is 29.8 Å². The van der Waals surface area contributed by atoms with Gasteiger partial charge in [-0.1, -0.05) is 6.92 Å². The third kappa shape index (κ3) is 3.87. The molecule has 1 N–H and O–H groups in total. The normalized spacial score (nSPS) is 12.7. The molecular weight excluding hydrogens is 207 g/mol. The van der Waals surface area contributed by atoms with Crippen molar-refractivity contribution in [2.75, 3.05) is 19.8 Å². The average molecular weight is 226 g/mol. The second-order valence-electron chi connectivity index (χ2n) is 3.54. The second-order valence-corrected chi connectivity index (χ2v) is 3.54. The Morgan fingerprint density at radius 3 is 2.94 bits per heavy atom. The molecule has 16 heavy (non-hydrogen) atoms. The first-order valence-electron chi connectivity index (χ1n) is 5.71. The van der Waals surface area contributed by atoms with Crippen molar-refractivity contribution in [3.63, 3.8) is 0 Å². The van der Waals surface area contributed by atoms with Crippen molar-refractivity contribution in [1.82, 2.24) is 10.3 Å². The van der Waals surface area contributed by atoms with Crippen LogP contribution in [-0.4, -0.2) is 24.7 Å². The van der Waals surface area contributed by atoms with Crippen LogP contribution in [0.4, 0.5) is 4.39 Å². The molecule has 1 rings (SSSR count). The SMILES string of the molecule is CCCNC(COCC)c1ncccc1F. The zero-order chi connectivity index (χ0) is 11.8. The van der Waals surface area contributed by atoms with E-state index < -0.39 is 0 Å². The van der Waals surface area contributed by atoms with E-state index in [1.165, 1.54) is 6.07 Å².